The van der Waals surface area contributed by atoms with Gasteiger partial charge in [-0.1, -0.05) is 12.1 Å². The van der Waals surface area contributed by atoms with Crippen molar-refractivity contribution in [3.63, 3.8) is 0 Å². The zero-order valence-corrected chi connectivity index (χ0v) is 19.5. The molecular formula is C24H32N4O4. The molecule has 0 aliphatic carbocycles. The Morgan fingerprint density at radius 2 is 1.97 bits per heavy atom. The van der Waals surface area contributed by atoms with Crippen molar-refractivity contribution in [3.8, 4) is 0 Å². The summed E-state index contributed by atoms with van der Waals surface area (Å²) in [5.74, 6) is -0.560. The molecule has 0 saturated carbocycles. The number of nitrogens with zero attached hydrogens (tertiary/aromatic N) is 3. The molecule has 4 rings (SSSR count). The Morgan fingerprint density at radius 3 is 2.62 bits per heavy atom. The second kappa shape index (κ2) is 8.22. The van der Waals surface area contributed by atoms with Crippen LogP contribution in [0.25, 0.3) is 10.9 Å². The van der Waals surface area contributed by atoms with Crippen LogP contribution in [-0.2, 0) is 21.4 Å². The summed E-state index contributed by atoms with van der Waals surface area (Å²) in [4.78, 5) is 38.2. The van der Waals surface area contributed by atoms with Gasteiger partial charge in [0.2, 0.25) is 11.8 Å². The van der Waals surface area contributed by atoms with E-state index in [0.29, 0.717) is 25.3 Å². The minimum absolute atomic E-state index is 0.0878. The van der Waals surface area contributed by atoms with E-state index in [9.17, 15) is 14.4 Å². The van der Waals surface area contributed by atoms with Gasteiger partial charge in [-0.3, -0.25) is 19.6 Å². The van der Waals surface area contributed by atoms with Gasteiger partial charge in [0, 0.05) is 31.4 Å². The minimum Gasteiger partial charge on any atom is -0.444 e. The molecule has 3 heterocycles. The van der Waals surface area contributed by atoms with E-state index in [0.717, 1.165) is 29.4 Å². The van der Waals surface area contributed by atoms with Gasteiger partial charge in [-0.05, 0) is 64.5 Å². The summed E-state index contributed by atoms with van der Waals surface area (Å²) >= 11 is 0. The van der Waals surface area contributed by atoms with Gasteiger partial charge >= 0.3 is 6.09 Å². The number of hydrogen-bond acceptors (Lipinski definition) is 5. The first-order valence-electron chi connectivity index (χ1n) is 11.3. The fraction of sp³-hybridized carbons (Fsp3) is 0.583. The van der Waals surface area contributed by atoms with Crippen LogP contribution in [0.15, 0.2) is 18.2 Å². The normalized spacial score (nSPS) is 24.5. The summed E-state index contributed by atoms with van der Waals surface area (Å²) in [5.41, 5.74) is 2.42. The van der Waals surface area contributed by atoms with E-state index in [-0.39, 0.29) is 23.9 Å². The van der Waals surface area contributed by atoms with E-state index < -0.39 is 11.5 Å². The smallest absolute Gasteiger partial charge is 0.410 e. The van der Waals surface area contributed by atoms with Gasteiger partial charge in [-0.2, -0.15) is 5.10 Å². The van der Waals surface area contributed by atoms with E-state index >= 15 is 0 Å². The first kappa shape index (κ1) is 22.3. The van der Waals surface area contributed by atoms with E-state index in [1.807, 2.05) is 43.5 Å². The highest BCUT2D eigenvalue weighted by Gasteiger charge is 2.34. The Kier molecular flexibility index (Phi) is 5.73. The average Bonchev–Trinajstić information content (AvgIpc) is 3.02. The number of ether oxygens (including phenoxy) is 1. The number of likely N-dealkylation sites (tertiary alicyclic amines) is 1. The highest BCUT2D eigenvalue weighted by molar-refractivity contribution is 6.02. The molecular weight excluding hydrogens is 408 g/mol. The first-order valence-corrected chi connectivity index (χ1v) is 11.3. The third kappa shape index (κ3) is 4.36. The molecule has 1 aromatic heterocycles. The molecule has 2 fully saturated rings. The van der Waals surface area contributed by atoms with Crippen LogP contribution in [0.4, 0.5) is 4.79 Å². The molecule has 2 aliphatic heterocycles. The van der Waals surface area contributed by atoms with Crippen molar-refractivity contribution in [2.75, 3.05) is 6.54 Å². The van der Waals surface area contributed by atoms with Crippen LogP contribution in [0.3, 0.4) is 0 Å². The van der Waals surface area contributed by atoms with E-state index in [1.54, 1.807) is 0 Å². The van der Waals surface area contributed by atoms with E-state index in [1.165, 1.54) is 5.56 Å². The number of aromatic nitrogens is 2. The van der Waals surface area contributed by atoms with Gasteiger partial charge in [0.05, 0.1) is 17.1 Å². The number of aryl methyl sites for hydroxylation is 1. The molecule has 1 aromatic carbocycles. The lowest BCUT2D eigenvalue weighted by molar-refractivity contribution is -0.134. The SMILES string of the molecule is C[C@@H]1CC(c2ccc3c(C4CCC(=O)NC4=O)nn(C)c3c2)CCN1C(=O)OC(C)(C)C. The number of rotatable bonds is 2. The standard InChI is InChI=1S/C24H32N4O4/c1-14-12-16(10-11-28(14)23(31)32-24(2,3)4)15-6-7-17-19(13-15)27(5)26-21(17)18-8-9-20(29)25-22(18)30/h6-7,13-14,16,18H,8-12H2,1-5H3,(H,25,29,30)/t14-,16?,18?/m1/s1. The second-order valence-electron chi connectivity index (χ2n) is 10.0. The Labute approximate surface area is 188 Å². The number of fused-ring (bicyclic) bond motifs is 1. The Bertz CT molecular complexity index is 1070. The number of amides is 3. The van der Waals surface area contributed by atoms with Gasteiger partial charge in [0.15, 0.2) is 0 Å². The molecule has 32 heavy (non-hydrogen) atoms. The number of hydrogen-bond donors (Lipinski definition) is 1. The van der Waals surface area contributed by atoms with E-state index in [4.69, 9.17) is 4.74 Å². The molecule has 1 N–H and O–H groups in total. The Hall–Kier alpha value is -2.90. The zero-order chi connectivity index (χ0) is 23.2. The largest absolute Gasteiger partial charge is 0.444 e. The molecule has 8 heteroatoms. The van der Waals surface area contributed by atoms with Crippen molar-refractivity contribution in [3.05, 3.63) is 29.5 Å². The number of benzene rings is 1. The zero-order valence-electron chi connectivity index (χ0n) is 19.5. The fourth-order valence-corrected chi connectivity index (χ4v) is 4.83. The van der Waals surface area contributed by atoms with Gasteiger partial charge in [0.1, 0.15) is 5.60 Å². The second-order valence-corrected chi connectivity index (χ2v) is 10.0. The lowest BCUT2D eigenvalue weighted by atomic mass is 9.85. The molecule has 8 nitrogen and oxygen atoms in total. The maximum absolute atomic E-state index is 12.5. The first-order chi connectivity index (χ1) is 15.0. The van der Waals surface area contributed by atoms with Crippen LogP contribution in [0.1, 0.15) is 76.5 Å². The Balaban J connectivity index is 1.53. The molecule has 2 aromatic rings. The number of nitrogens with one attached hydrogen (secondary N) is 1. The topological polar surface area (TPSA) is 93.5 Å². The summed E-state index contributed by atoms with van der Waals surface area (Å²) in [6.45, 7) is 8.38. The predicted octanol–water partition coefficient (Wildman–Crippen LogP) is 3.60. The molecule has 2 unspecified atom stereocenters. The minimum atomic E-state index is -0.502. The molecule has 0 bridgehead atoms. The van der Waals surface area contributed by atoms with Gasteiger partial charge in [0.25, 0.3) is 0 Å². The number of piperidine rings is 2. The number of carbonyl (C=O) groups excluding carboxylic acids is 3. The highest BCUT2D eigenvalue weighted by Crippen LogP contribution is 2.36. The Morgan fingerprint density at radius 1 is 1.22 bits per heavy atom. The van der Waals surface area contributed by atoms with Gasteiger partial charge in [-0.15, -0.1) is 0 Å². The quantitative estimate of drug-likeness (QED) is 0.720. The molecule has 2 saturated heterocycles. The van der Waals surface area contributed by atoms with Gasteiger partial charge < -0.3 is 9.64 Å². The molecule has 3 atom stereocenters. The lowest BCUT2D eigenvalue weighted by Gasteiger charge is -2.38. The van der Waals surface area contributed by atoms with Crippen LogP contribution in [0, 0.1) is 0 Å². The van der Waals surface area contributed by atoms with Crippen molar-refractivity contribution >= 4 is 28.8 Å². The maximum Gasteiger partial charge on any atom is 0.410 e. The molecule has 3 amide bonds. The fourth-order valence-electron chi connectivity index (χ4n) is 4.83. The van der Waals surface area contributed by atoms with Crippen LogP contribution >= 0.6 is 0 Å². The highest BCUT2D eigenvalue weighted by atomic mass is 16.6. The summed E-state index contributed by atoms with van der Waals surface area (Å²) in [7, 11) is 1.88. The van der Waals surface area contributed by atoms with E-state index in [2.05, 4.69) is 29.5 Å². The van der Waals surface area contributed by atoms with Crippen molar-refractivity contribution < 1.29 is 19.1 Å². The summed E-state index contributed by atoms with van der Waals surface area (Å²) in [5, 5.41) is 8.01. The summed E-state index contributed by atoms with van der Waals surface area (Å²) < 4.78 is 7.38. The lowest BCUT2D eigenvalue weighted by Crippen LogP contribution is -2.46. The van der Waals surface area contributed by atoms with Crippen LogP contribution < -0.4 is 5.32 Å². The van der Waals surface area contributed by atoms with Crippen molar-refractivity contribution in [2.45, 2.75) is 76.9 Å². The maximum atomic E-state index is 12.5. The summed E-state index contributed by atoms with van der Waals surface area (Å²) in [6.07, 6.45) is 2.30. The molecule has 0 spiro atoms. The molecule has 2 aliphatic rings. The third-order valence-electron chi connectivity index (χ3n) is 6.45. The predicted molar refractivity (Wildman–Crippen MR) is 120 cm³/mol. The number of carbonyl (C=O) groups is 3. The van der Waals surface area contributed by atoms with Crippen LogP contribution in [-0.4, -0.2) is 50.8 Å². The van der Waals surface area contributed by atoms with Gasteiger partial charge in [-0.25, -0.2) is 4.79 Å². The van der Waals surface area contributed by atoms with Crippen molar-refractivity contribution in [2.24, 2.45) is 7.05 Å². The molecule has 172 valence electrons. The van der Waals surface area contributed by atoms with Crippen molar-refractivity contribution in [1.82, 2.24) is 20.0 Å². The third-order valence-corrected chi connectivity index (χ3v) is 6.45. The molecule has 0 radical (unpaired) electrons. The average molecular weight is 441 g/mol. The van der Waals surface area contributed by atoms with Crippen molar-refractivity contribution in [1.29, 1.82) is 0 Å². The van der Waals surface area contributed by atoms with Crippen LogP contribution in [0.5, 0.6) is 0 Å². The summed E-state index contributed by atoms with van der Waals surface area (Å²) in [6, 6.07) is 6.39. The number of imide groups is 1. The van der Waals surface area contributed by atoms with Crippen LogP contribution in [0.2, 0.25) is 0 Å². The monoisotopic (exact) mass is 440 g/mol.